The Morgan fingerprint density at radius 1 is 1.40 bits per heavy atom. The zero-order valence-electron chi connectivity index (χ0n) is 9.83. The molecule has 0 radical (unpaired) electrons. The lowest BCUT2D eigenvalue weighted by Crippen LogP contribution is -2.05. The van der Waals surface area contributed by atoms with Crippen LogP contribution in [0.25, 0.3) is 0 Å². The fourth-order valence-electron chi connectivity index (χ4n) is 1.51. The van der Waals surface area contributed by atoms with Crippen LogP contribution < -0.4 is 0 Å². The highest BCUT2D eigenvalue weighted by molar-refractivity contribution is 7.99. The highest BCUT2D eigenvalue weighted by Gasteiger charge is 2.10. The Bertz CT molecular complexity index is 356. The molecule has 0 spiro atoms. The molecule has 0 fully saturated rings. The number of hydrogen-bond donors (Lipinski definition) is 0. The quantitative estimate of drug-likeness (QED) is 0.723. The average Bonchev–Trinajstić information content (AvgIpc) is 2.18. The van der Waals surface area contributed by atoms with Crippen molar-refractivity contribution in [2.45, 2.75) is 26.7 Å². The van der Waals surface area contributed by atoms with Crippen molar-refractivity contribution in [3.8, 4) is 0 Å². The summed E-state index contributed by atoms with van der Waals surface area (Å²) in [5.41, 5.74) is 3.21. The van der Waals surface area contributed by atoms with Crippen molar-refractivity contribution in [3.63, 3.8) is 0 Å². The summed E-state index contributed by atoms with van der Waals surface area (Å²) < 4.78 is 0. The van der Waals surface area contributed by atoms with Crippen LogP contribution >= 0.6 is 11.8 Å². The highest BCUT2D eigenvalue weighted by atomic mass is 32.2. The number of carbonyl (C=O) groups is 1. The molecule has 0 amide bonds. The lowest BCUT2D eigenvalue weighted by molar-refractivity contribution is 0.102. The predicted octanol–water partition coefficient (Wildman–Crippen LogP) is 3.66. The maximum Gasteiger partial charge on any atom is 0.172 e. The van der Waals surface area contributed by atoms with Gasteiger partial charge in [-0.05, 0) is 36.3 Å². The number of aryl methyl sites for hydroxylation is 1. The number of benzene rings is 1. The van der Waals surface area contributed by atoms with Gasteiger partial charge in [-0.1, -0.05) is 26.0 Å². The molecule has 0 aliphatic carbocycles. The molecule has 1 aromatic carbocycles. The first-order chi connectivity index (χ1) is 7.06. The van der Waals surface area contributed by atoms with Gasteiger partial charge in [-0.25, -0.2) is 0 Å². The zero-order valence-corrected chi connectivity index (χ0v) is 10.6. The molecule has 15 heavy (non-hydrogen) atoms. The van der Waals surface area contributed by atoms with Crippen molar-refractivity contribution in [3.05, 3.63) is 34.9 Å². The van der Waals surface area contributed by atoms with Gasteiger partial charge < -0.3 is 0 Å². The van der Waals surface area contributed by atoms with E-state index in [0.29, 0.717) is 11.7 Å². The van der Waals surface area contributed by atoms with Crippen LogP contribution in [0.1, 0.15) is 41.3 Å². The second-order valence-electron chi connectivity index (χ2n) is 4.09. The molecule has 0 bridgehead atoms. The van der Waals surface area contributed by atoms with Crippen LogP contribution in [0.5, 0.6) is 0 Å². The van der Waals surface area contributed by atoms with Crippen LogP contribution in [0.3, 0.4) is 0 Å². The Morgan fingerprint density at radius 3 is 2.60 bits per heavy atom. The van der Waals surface area contributed by atoms with Gasteiger partial charge in [0.15, 0.2) is 5.78 Å². The van der Waals surface area contributed by atoms with Gasteiger partial charge in [0.25, 0.3) is 0 Å². The number of ketones is 1. The van der Waals surface area contributed by atoms with E-state index in [4.69, 9.17) is 0 Å². The van der Waals surface area contributed by atoms with E-state index in [1.165, 1.54) is 5.56 Å². The lowest BCUT2D eigenvalue weighted by Gasteiger charge is -2.10. The van der Waals surface area contributed by atoms with E-state index in [1.54, 1.807) is 11.8 Å². The second-order valence-corrected chi connectivity index (χ2v) is 4.95. The molecule has 0 aromatic heterocycles. The number of carbonyl (C=O) groups excluding carboxylic acids is 1. The van der Waals surface area contributed by atoms with E-state index >= 15 is 0 Å². The van der Waals surface area contributed by atoms with Crippen LogP contribution in [-0.2, 0) is 0 Å². The predicted molar refractivity (Wildman–Crippen MR) is 68.0 cm³/mol. The SMILES string of the molecule is CSCC(=O)c1cc(C(C)C)ccc1C. The van der Waals surface area contributed by atoms with Crippen molar-refractivity contribution in [2.24, 2.45) is 0 Å². The van der Waals surface area contributed by atoms with Crippen LogP contribution in [-0.4, -0.2) is 17.8 Å². The molecule has 0 atom stereocenters. The highest BCUT2D eigenvalue weighted by Crippen LogP contribution is 2.19. The standard InChI is InChI=1S/C13H18OS/c1-9(2)11-6-5-10(3)12(7-11)13(14)8-15-4/h5-7,9H,8H2,1-4H3. The van der Waals surface area contributed by atoms with Crippen molar-refractivity contribution in [2.75, 3.05) is 12.0 Å². The molecule has 0 N–H and O–H groups in total. The minimum atomic E-state index is 0.238. The maximum absolute atomic E-state index is 11.8. The van der Waals surface area contributed by atoms with Crippen molar-refractivity contribution >= 4 is 17.5 Å². The average molecular weight is 222 g/mol. The van der Waals surface area contributed by atoms with Gasteiger partial charge >= 0.3 is 0 Å². The summed E-state index contributed by atoms with van der Waals surface area (Å²) in [5, 5.41) is 0. The monoisotopic (exact) mass is 222 g/mol. The van der Waals surface area contributed by atoms with E-state index in [9.17, 15) is 4.79 Å². The lowest BCUT2D eigenvalue weighted by atomic mass is 9.96. The van der Waals surface area contributed by atoms with Crippen LogP contribution in [0.15, 0.2) is 18.2 Å². The summed E-state index contributed by atoms with van der Waals surface area (Å²) in [6.45, 7) is 6.29. The number of thioether (sulfide) groups is 1. The molecule has 2 heteroatoms. The third-order valence-electron chi connectivity index (χ3n) is 2.50. The summed E-state index contributed by atoms with van der Waals surface area (Å²) in [6, 6.07) is 6.19. The molecule has 0 aliphatic heterocycles. The molecule has 0 saturated carbocycles. The number of Topliss-reactive ketones (excluding diaryl/α,β-unsaturated/α-hetero) is 1. The Kier molecular flexibility index (Phi) is 4.40. The Hall–Kier alpha value is -0.760. The fraction of sp³-hybridized carbons (Fsp3) is 0.462. The van der Waals surface area contributed by atoms with Gasteiger partial charge in [-0.15, -0.1) is 0 Å². The van der Waals surface area contributed by atoms with Gasteiger partial charge in [0.1, 0.15) is 0 Å². The Labute approximate surface area is 96.3 Å². The minimum absolute atomic E-state index is 0.238. The number of hydrogen-bond acceptors (Lipinski definition) is 2. The normalized spacial score (nSPS) is 10.7. The van der Waals surface area contributed by atoms with Crippen LogP contribution in [0, 0.1) is 6.92 Å². The first-order valence-electron chi connectivity index (χ1n) is 5.19. The first-order valence-corrected chi connectivity index (χ1v) is 6.58. The summed E-state index contributed by atoms with van der Waals surface area (Å²) >= 11 is 1.58. The Morgan fingerprint density at radius 2 is 2.07 bits per heavy atom. The van der Waals surface area contributed by atoms with Gasteiger partial charge in [-0.3, -0.25) is 4.79 Å². The van der Waals surface area contributed by atoms with Crippen LogP contribution in [0.4, 0.5) is 0 Å². The smallest absolute Gasteiger partial charge is 0.172 e. The van der Waals surface area contributed by atoms with Crippen molar-refractivity contribution in [1.82, 2.24) is 0 Å². The van der Waals surface area contributed by atoms with Crippen molar-refractivity contribution < 1.29 is 4.79 Å². The summed E-state index contributed by atoms with van der Waals surface area (Å²) in [6.07, 6.45) is 1.96. The molecular weight excluding hydrogens is 204 g/mol. The topological polar surface area (TPSA) is 17.1 Å². The molecule has 1 aromatic rings. The van der Waals surface area contributed by atoms with E-state index in [0.717, 1.165) is 11.1 Å². The van der Waals surface area contributed by atoms with E-state index in [-0.39, 0.29) is 5.78 Å². The zero-order chi connectivity index (χ0) is 11.4. The molecular formula is C13H18OS. The third-order valence-corrected chi connectivity index (χ3v) is 3.05. The third kappa shape index (κ3) is 3.10. The molecule has 1 nitrogen and oxygen atoms in total. The molecule has 0 aliphatic rings. The van der Waals surface area contributed by atoms with Gasteiger partial charge in [-0.2, -0.15) is 11.8 Å². The van der Waals surface area contributed by atoms with E-state index < -0.39 is 0 Å². The summed E-state index contributed by atoms with van der Waals surface area (Å²) in [5.74, 6) is 1.29. The van der Waals surface area contributed by atoms with Gasteiger partial charge in [0.05, 0.1) is 5.75 Å². The molecule has 0 heterocycles. The maximum atomic E-state index is 11.8. The second kappa shape index (κ2) is 5.36. The van der Waals surface area contributed by atoms with Gasteiger partial charge in [0.2, 0.25) is 0 Å². The minimum Gasteiger partial charge on any atom is -0.293 e. The summed E-state index contributed by atoms with van der Waals surface area (Å²) in [4.78, 5) is 11.8. The van der Waals surface area contributed by atoms with Crippen LogP contribution in [0.2, 0.25) is 0 Å². The van der Waals surface area contributed by atoms with Crippen molar-refractivity contribution in [1.29, 1.82) is 0 Å². The Balaban J connectivity index is 3.05. The number of rotatable bonds is 4. The first kappa shape index (κ1) is 12.3. The van der Waals surface area contributed by atoms with Gasteiger partial charge in [0, 0.05) is 5.56 Å². The fourth-order valence-corrected chi connectivity index (χ4v) is 1.93. The summed E-state index contributed by atoms with van der Waals surface area (Å²) in [7, 11) is 0. The van der Waals surface area contributed by atoms with E-state index in [1.807, 2.05) is 25.3 Å². The molecule has 0 unspecified atom stereocenters. The molecule has 1 rings (SSSR count). The molecule has 82 valence electrons. The van der Waals surface area contributed by atoms with E-state index in [2.05, 4.69) is 19.9 Å². The molecule has 0 saturated heterocycles. The largest absolute Gasteiger partial charge is 0.293 e.